The number of halogens is 1. The van der Waals surface area contributed by atoms with Crippen molar-refractivity contribution in [2.45, 2.75) is 19.6 Å². The first-order chi connectivity index (χ1) is 14.5. The van der Waals surface area contributed by atoms with Gasteiger partial charge in [-0.1, -0.05) is 18.2 Å². The number of amides is 1. The summed E-state index contributed by atoms with van der Waals surface area (Å²) in [4.78, 5) is 17.8. The number of rotatable bonds is 7. The molecule has 1 aliphatic heterocycles. The molecule has 0 radical (unpaired) electrons. The molecular weight excluding hydrogens is 385 g/mol. The first kappa shape index (κ1) is 21.4. The highest BCUT2D eigenvalue weighted by atomic mass is 19.1. The minimum absolute atomic E-state index is 0.0532. The Hall–Kier alpha value is -3.29. The smallest absolute Gasteiger partial charge is 0.239 e. The highest BCUT2D eigenvalue weighted by molar-refractivity contribution is 5.82. The lowest BCUT2D eigenvalue weighted by Crippen LogP contribution is -2.47. The Morgan fingerprint density at radius 2 is 2.07 bits per heavy atom. The molecular formula is C22H28FN5O2. The quantitative estimate of drug-likeness (QED) is 0.477. The Bertz CT molecular complexity index is 872. The van der Waals surface area contributed by atoms with E-state index in [0.29, 0.717) is 37.9 Å². The molecule has 30 heavy (non-hydrogen) atoms. The van der Waals surface area contributed by atoms with E-state index in [2.05, 4.69) is 25.8 Å². The molecule has 8 heteroatoms. The number of benzene rings is 2. The largest absolute Gasteiger partial charge is 0.489 e. The fourth-order valence-electron chi connectivity index (χ4n) is 3.14. The maximum atomic E-state index is 13.3. The number of anilines is 1. The number of carbonyl (C=O) groups is 1. The van der Waals surface area contributed by atoms with Crippen LogP contribution in [-0.4, -0.2) is 51.2 Å². The number of guanidine groups is 1. The average molecular weight is 413 g/mol. The fourth-order valence-corrected chi connectivity index (χ4v) is 3.14. The predicted molar refractivity (Wildman–Crippen MR) is 116 cm³/mol. The molecule has 1 fully saturated rings. The summed E-state index contributed by atoms with van der Waals surface area (Å²) in [5.41, 5.74) is 2.15. The number of piperazine rings is 1. The third kappa shape index (κ3) is 6.37. The highest BCUT2D eigenvalue weighted by Crippen LogP contribution is 2.16. The van der Waals surface area contributed by atoms with Crippen molar-refractivity contribution in [1.82, 2.24) is 16.0 Å². The monoisotopic (exact) mass is 413 g/mol. The van der Waals surface area contributed by atoms with Gasteiger partial charge >= 0.3 is 0 Å². The summed E-state index contributed by atoms with van der Waals surface area (Å²) in [6, 6.07) is 14.2. The topological polar surface area (TPSA) is 78.0 Å². The van der Waals surface area contributed by atoms with Gasteiger partial charge < -0.3 is 25.6 Å². The lowest BCUT2D eigenvalue weighted by molar-refractivity contribution is -0.120. The Balaban J connectivity index is 1.44. The molecule has 2 aromatic carbocycles. The van der Waals surface area contributed by atoms with Crippen molar-refractivity contribution >= 4 is 17.6 Å². The van der Waals surface area contributed by atoms with E-state index in [1.807, 2.05) is 31.2 Å². The minimum atomic E-state index is -0.320. The van der Waals surface area contributed by atoms with Crippen LogP contribution >= 0.6 is 0 Å². The average Bonchev–Trinajstić information content (AvgIpc) is 2.74. The van der Waals surface area contributed by atoms with Crippen molar-refractivity contribution in [3.63, 3.8) is 0 Å². The molecule has 160 valence electrons. The summed E-state index contributed by atoms with van der Waals surface area (Å²) in [5, 5.41) is 9.31. The van der Waals surface area contributed by atoms with Gasteiger partial charge in [-0.3, -0.25) is 9.79 Å². The van der Waals surface area contributed by atoms with Crippen molar-refractivity contribution < 1.29 is 13.9 Å². The second-order valence-electron chi connectivity index (χ2n) is 7.13. The number of nitrogens with one attached hydrogen (secondary N) is 3. The van der Waals surface area contributed by atoms with Gasteiger partial charge in [0.25, 0.3) is 0 Å². The van der Waals surface area contributed by atoms with Crippen LogP contribution in [0.5, 0.6) is 5.75 Å². The number of carbonyl (C=O) groups excluding carboxylic acids is 1. The Labute approximate surface area is 176 Å². The van der Waals surface area contributed by atoms with Crippen LogP contribution in [0, 0.1) is 5.82 Å². The summed E-state index contributed by atoms with van der Waals surface area (Å²) in [6.45, 7) is 4.92. The second-order valence-corrected chi connectivity index (χ2v) is 7.13. The number of hydrogen-bond acceptors (Lipinski definition) is 4. The number of aliphatic imine (C=N–C) groups is 1. The fraction of sp³-hybridized carbons (Fsp3) is 0.364. The molecule has 0 bridgehead atoms. The van der Waals surface area contributed by atoms with E-state index >= 15 is 0 Å². The summed E-state index contributed by atoms with van der Waals surface area (Å²) >= 11 is 0. The van der Waals surface area contributed by atoms with E-state index in [-0.39, 0.29) is 17.8 Å². The first-order valence-electron chi connectivity index (χ1n) is 10.0. The second kappa shape index (κ2) is 10.5. The van der Waals surface area contributed by atoms with Gasteiger partial charge in [-0.25, -0.2) is 4.39 Å². The lowest BCUT2D eigenvalue weighted by atomic mass is 10.2. The molecule has 1 aliphatic rings. The Kier molecular flexibility index (Phi) is 7.48. The zero-order chi connectivity index (χ0) is 21.3. The van der Waals surface area contributed by atoms with E-state index in [9.17, 15) is 9.18 Å². The standard InChI is InChI=1S/C22H28FN5O2/c1-16(30-20-5-3-4-18(23)12-20)13-26-22(24-2)27-14-17-6-8-19(9-7-17)28-11-10-25-21(29)15-28/h3-9,12,16H,10-11,13-15H2,1-2H3,(H,25,29)(H2,24,26,27). The molecule has 1 saturated heterocycles. The van der Waals surface area contributed by atoms with Gasteiger partial charge in [0.2, 0.25) is 5.91 Å². The molecule has 1 heterocycles. The van der Waals surface area contributed by atoms with Crippen LogP contribution in [0.2, 0.25) is 0 Å². The molecule has 3 rings (SSSR count). The molecule has 1 amide bonds. The van der Waals surface area contributed by atoms with Crippen molar-refractivity contribution in [3.8, 4) is 5.75 Å². The molecule has 0 saturated carbocycles. The summed E-state index contributed by atoms with van der Waals surface area (Å²) in [6.07, 6.45) is -0.161. The van der Waals surface area contributed by atoms with Gasteiger partial charge in [-0.2, -0.15) is 0 Å². The van der Waals surface area contributed by atoms with Crippen LogP contribution in [0.4, 0.5) is 10.1 Å². The molecule has 0 spiro atoms. The van der Waals surface area contributed by atoms with Crippen molar-refractivity contribution in [1.29, 1.82) is 0 Å². The predicted octanol–water partition coefficient (Wildman–Crippen LogP) is 1.89. The summed E-state index contributed by atoms with van der Waals surface area (Å²) in [5.74, 6) is 0.886. The maximum Gasteiger partial charge on any atom is 0.239 e. The van der Waals surface area contributed by atoms with Crippen LogP contribution < -0.4 is 25.6 Å². The molecule has 7 nitrogen and oxygen atoms in total. The van der Waals surface area contributed by atoms with E-state index < -0.39 is 0 Å². The van der Waals surface area contributed by atoms with E-state index in [0.717, 1.165) is 17.8 Å². The van der Waals surface area contributed by atoms with E-state index in [1.54, 1.807) is 19.2 Å². The third-order valence-electron chi connectivity index (χ3n) is 4.71. The maximum absolute atomic E-state index is 13.3. The highest BCUT2D eigenvalue weighted by Gasteiger charge is 2.16. The summed E-state index contributed by atoms with van der Waals surface area (Å²) < 4.78 is 19.0. The van der Waals surface area contributed by atoms with Gasteiger partial charge in [0.15, 0.2) is 5.96 Å². The number of ether oxygens (including phenoxy) is 1. The van der Waals surface area contributed by atoms with Crippen LogP contribution in [0.15, 0.2) is 53.5 Å². The van der Waals surface area contributed by atoms with Gasteiger partial charge in [0.05, 0.1) is 13.1 Å². The third-order valence-corrected chi connectivity index (χ3v) is 4.71. The summed E-state index contributed by atoms with van der Waals surface area (Å²) in [7, 11) is 1.71. The van der Waals surface area contributed by atoms with Gasteiger partial charge in [0, 0.05) is 38.4 Å². The van der Waals surface area contributed by atoms with Crippen molar-refractivity contribution in [3.05, 3.63) is 59.9 Å². The molecule has 0 aliphatic carbocycles. The molecule has 1 atom stereocenters. The SMILES string of the molecule is CN=C(NCc1ccc(N2CCNC(=O)C2)cc1)NCC(C)Oc1cccc(F)c1. The van der Waals surface area contributed by atoms with Crippen molar-refractivity contribution in [2.75, 3.05) is 38.1 Å². The van der Waals surface area contributed by atoms with Gasteiger partial charge in [0.1, 0.15) is 17.7 Å². The van der Waals surface area contributed by atoms with Gasteiger partial charge in [-0.05, 0) is 36.8 Å². The van der Waals surface area contributed by atoms with Crippen LogP contribution in [0.1, 0.15) is 12.5 Å². The first-order valence-corrected chi connectivity index (χ1v) is 10.0. The number of hydrogen-bond donors (Lipinski definition) is 3. The van der Waals surface area contributed by atoms with Crippen LogP contribution in [0.25, 0.3) is 0 Å². The molecule has 3 N–H and O–H groups in total. The molecule has 2 aromatic rings. The minimum Gasteiger partial charge on any atom is -0.489 e. The Morgan fingerprint density at radius 3 is 2.77 bits per heavy atom. The zero-order valence-corrected chi connectivity index (χ0v) is 17.3. The van der Waals surface area contributed by atoms with Gasteiger partial charge in [-0.15, -0.1) is 0 Å². The normalized spacial score (nSPS) is 15.4. The lowest BCUT2D eigenvalue weighted by Gasteiger charge is -2.28. The molecule has 0 aromatic heterocycles. The Morgan fingerprint density at radius 1 is 1.27 bits per heavy atom. The van der Waals surface area contributed by atoms with Crippen LogP contribution in [-0.2, 0) is 11.3 Å². The number of nitrogens with zero attached hydrogens (tertiary/aromatic N) is 2. The van der Waals surface area contributed by atoms with E-state index in [4.69, 9.17) is 4.74 Å². The zero-order valence-electron chi connectivity index (χ0n) is 17.3. The van der Waals surface area contributed by atoms with E-state index in [1.165, 1.54) is 12.1 Å². The molecule has 1 unspecified atom stereocenters. The van der Waals surface area contributed by atoms with Crippen LogP contribution in [0.3, 0.4) is 0 Å². The van der Waals surface area contributed by atoms with Crippen molar-refractivity contribution in [2.24, 2.45) is 4.99 Å².